The van der Waals surface area contributed by atoms with Crippen LogP contribution in [0.15, 0.2) is 23.6 Å². The Balaban J connectivity index is 1.73. The summed E-state index contributed by atoms with van der Waals surface area (Å²) < 4.78 is 44.6. The van der Waals surface area contributed by atoms with E-state index >= 15 is 0 Å². The van der Waals surface area contributed by atoms with Crippen molar-refractivity contribution in [1.29, 1.82) is 0 Å². The summed E-state index contributed by atoms with van der Waals surface area (Å²) in [6.45, 7) is 5.60. The van der Waals surface area contributed by atoms with Gasteiger partial charge in [0.2, 0.25) is 0 Å². The van der Waals surface area contributed by atoms with Gasteiger partial charge in [-0.25, -0.2) is 9.97 Å². The van der Waals surface area contributed by atoms with Crippen LogP contribution >= 0.6 is 22.7 Å². The number of aromatic nitrogens is 2. The number of hydrogen-bond acceptors (Lipinski definition) is 7. The predicted molar refractivity (Wildman–Crippen MR) is 126 cm³/mol. The Morgan fingerprint density at radius 1 is 1.09 bits per heavy atom. The van der Waals surface area contributed by atoms with Gasteiger partial charge in [0.05, 0.1) is 34.8 Å². The first-order chi connectivity index (χ1) is 15.8. The van der Waals surface area contributed by atoms with Crippen LogP contribution in [0.25, 0.3) is 10.6 Å². The van der Waals surface area contributed by atoms with E-state index in [4.69, 9.17) is 4.74 Å². The number of alkyl halides is 3. The molecule has 6 nitrogen and oxygen atoms in total. The fourth-order valence-electron chi connectivity index (χ4n) is 3.16. The van der Waals surface area contributed by atoms with Crippen LogP contribution in [0.5, 0.6) is 5.75 Å². The van der Waals surface area contributed by atoms with Gasteiger partial charge in [-0.3, -0.25) is 9.59 Å². The van der Waals surface area contributed by atoms with Crippen LogP contribution in [0.1, 0.15) is 45.5 Å². The number of rotatable bonds is 8. The molecule has 2 heterocycles. The molecule has 0 saturated heterocycles. The van der Waals surface area contributed by atoms with Crippen molar-refractivity contribution in [3.05, 3.63) is 50.4 Å². The largest absolute Gasteiger partial charge is 0.497 e. The number of carbonyl (C=O) groups excluding carboxylic acids is 2. The normalized spacial score (nSPS) is 12.0. The molecule has 0 atom stereocenters. The molecule has 3 aromatic rings. The lowest BCUT2D eigenvalue weighted by Gasteiger charge is -2.29. The van der Waals surface area contributed by atoms with Crippen molar-refractivity contribution in [2.75, 3.05) is 7.11 Å². The first kappa shape index (κ1) is 25.8. The molecule has 0 aliphatic rings. The topological polar surface area (TPSA) is 81.2 Å². The zero-order valence-electron chi connectivity index (χ0n) is 19.3. The van der Waals surface area contributed by atoms with Crippen LogP contribution in [0, 0.1) is 13.8 Å². The highest BCUT2D eigenvalue weighted by molar-refractivity contribution is 7.16. The van der Waals surface area contributed by atoms with E-state index in [2.05, 4.69) is 9.97 Å². The standard InChI is InChI=1S/C23H24F3N3O3S2/c1-12-20(34-13(2)27-12)18-11-33-19(28-18)10-16(30)7-14-6-15(9-17(8-14)32-5)21(31)29-22(3,4)23(24,25)26/h6,8-9,11H,7,10H2,1-5H3,(H,29,31). The summed E-state index contributed by atoms with van der Waals surface area (Å²) in [5, 5.41) is 5.47. The molecule has 0 bridgehead atoms. The van der Waals surface area contributed by atoms with E-state index in [1.54, 1.807) is 17.4 Å². The molecular weight excluding hydrogens is 487 g/mol. The number of Topliss-reactive ketones (excluding diaryl/α,β-unsaturated/α-hetero) is 1. The second-order valence-electron chi connectivity index (χ2n) is 8.31. The molecule has 0 fully saturated rings. The van der Waals surface area contributed by atoms with Crippen molar-refractivity contribution in [2.45, 2.75) is 52.3 Å². The molecule has 3 rings (SSSR count). The predicted octanol–water partition coefficient (Wildman–Crippen LogP) is 5.32. The van der Waals surface area contributed by atoms with Gasteiger partial charge in [0, 0.05) is 17.4 Å². The number of benzene rings is 1. The second-order valence-corrected chi connectivity index (χ2v) is 10.5. The molecule has 1 N–H and O–H groups in total. The average Bonchev–Trinajstić information content (AvgIpc) is 3.31. The van der Waals surface area contributed by atoms with Gasteiger partial charge in [-0.2, -0.15) is 13.2 Å². The summed E-state index contributed by atoms with van der Waals surface area (Å²) in [7, 11) is 1.38. The van der Waals surface area contributed by atoms with Crippen LogP contribution in [0.2, 0.25) is 0 Å². The van der Waals surface area contributed by atoms with Crippen molar-refractivity contribution in [2.24, 2.45) is 0 Å². The monoisotopic (exact) mass is 511 g/mol. The summed E-state index contributed by atoms with van der Waals surface area (Å²) in [6, 6.07) is 4.32. The Labute approximate surface area is 203 Å². The van der Waals surface area contributed by atoms with E-state index in [1.165, 1.54) is 30.6 Å². The lowest BCUT2D eigenvalue weighted by atomic mass is 10.0. The molecule has 34 heavy (non-hydrogen) atoms. The number of methoxy groups -OCH3 is 1. The highest BCUT2D eigenvalue weighted by Crippen LogP contribution is 2.31. The zero-order chi connectivity index (χ0) is 25.3. The Bertz CT molecular complexity index is 1220. The van der Waals surface area contributed by atoms with E-state index in [-0.39, 0.29) is 29.9 Å². The van der Waals surface area contributed by atoms with Crippen molar-refractivity contribution < 1.29 is 27.5 Å². The van der Waals surface area contributed by atoms with E-state index in [1.807, 2.05) is 24.5 Å². The van der Waals surface area contributed by atoms with Gasteiger partial charge < -0.3 is 10.1 Å². The van der Waals surface area contributed by atoms with Crippen molar-refractivity contribution >= 4 is 34.4 Å². The second kappa shape index (κ2) is 9.83. The first-order valence-corrected chi connectivity index (χ1v) is 12.0. The van der Waals surface area contributed by atoms with E-state index in [9.17, 15) is 22.8 Å². The number of hydrogen-bond donors (Lipinski definition) is 1. The minimum absolute atomic E-state index is 0.0201. The minimum Gasteiger partial charge on any atom is -0.497 e. The van der Waals surface area contributed by atoms with E-state index < -0.39 is 17.6 Å². The smallest absolute Gasteiger partial charge is 0.410 e. The number of nitrogens with zero attached hydrogens (tertiary/aromatic N) is 2. The van der Waals surface area contributed by atoms with Crippen LogP contribution in [-0.4, -0.2) is 40.5 Å². The van der Waals surface area contributed by atoms with E-state index in [0.29, 0.717) is 10.6 Å². The van der Waals surface area contributed by atoms with Crippen molar-refractivity contribution in [3.8, 4) is 16.3 Å². The number of nitrogens with one attached hydrogen (secondary N) is 1. The average molecular weight is 512 g/mol. The van der Waals surface area contributed by atoms with Gasteiger partial charge in [0.1, 0.15) is 22.1 Å². The number of thiazole rings is 2. The molecule has 11 heteroatoms. The Hall–Kier alpha value is -2.79. The summed E-state index contributed by atoms with van der Waals surface area (Å²) in [4.78, 5) is 35.1. The summed E-state index contributed by atoms with van der Waals surface area (Å²) in [5.74, 6) is -0.782. The fourth-order valence-corrected chi connectivity index (χ4v) is 4.93. The molecule has 182 valence electrons. The molecule has 0 aliphatic carbocycles. The van der Waals surface area contributed by atoms with E-state index in [0.717, 1.165) is 35.1 Å². The van der Waals surface area contributed by atoms with Gasteiger partial charge in [0.15, 0.2) is 0 Å². The maximum absolute atomic E-state index is 13.2. The number of aryl methyl sites for hydroxylation is 2. The lowest BCUT2D eigenvalue weighted by molar-refractivity contribution is -0.182. The molecule has 2 aromatic heterocycles. The quantitative estimate of drug-likeness (QED) is 0.443. The highest BCUT2D eigenvalue weighted by Gasteiger charge is 2.48. The Kier molecular flexibility index (Phi) is 7.47. The van der Waals surface area contributed by atoms with Crippen molar-refractivity contribution in [3.63, 3.8) is 0 Å². The summed E-state index contributed by atoms with van der Waals surface area (Å²) in [5.41, 5.74) is -0.303. The Morgan fingerprint density at radius 3 is 2.38 bits per heavy atom. The van der Waals surface area contributed by atoms with Crippen LogP contribution in [0.4, 0.5) is 13.2 Å². The maximum Gasteiger partial charge on any atom is 0.410 e. The van der Waals surface area contributed by atoms with Gasteiger partial charge in [-0.05, 0) is 51.5 Å². The highest BCUT2D eigenvalue weighted by atomic mass is 32.1. The molecular formula is C23H24F3N3O3S2. The molecule has 0 saturated carbocycles. The van der Waals surface area contributed by atoms with Gasteiger partial charge >= 0.3 is 6.18 Å². The molecule has 1 aromatic carbocycles. The Morgan fingerprint density at radius 2 is 1.79 bits per heavy atom. The SMILES string of the molecule is COc1cc(CC(=O)Cc2nc(-c3sc(C)nc3C)cs2)cc(C(=O)NC(C)(C)C(F)(F)F)c1. The third kappa shape index (κ3) is 6.01. The summed E-state index contributed by atoms with van der Waals surface area (Å²) in [6.07, 6.45) is -4.54. The van der Waals surface area contributed by atoms with Gasteiger partial charge in [0.25, 0.3) is 5.91 Å². The third-order valence-corrected chi connectivity index (χ3v) is 6.98. The van der Waals surface area contributed by atoms with Crippen molar-refractivity contribution in [1.82, 2.24) is 15.3 Å². The van der Waals surface area contributed by atoms with Crippen LogP contribution < -0.4 is 10.1 Å². The van der Waals surface area contributed by atoms with Gasteiger partial charge in [-0.15, -0.1) is 22.7 Å². The number of amides is 1. The van der Waals surface area contributed by atoms with Crippen LogP contribution in [0.3, 0.4) is 0 Å². The third-order valence-electron chi connectivity index (χ3n) is 5.04. The minimum atomic E-state index is -4.62. The first-order valence-electron chi connectivity index (χ1n) is 10.3. The number of halogens is 3. The molecule has 1 amide bonds. The molecule has 0 aliphatic heterocycles. The van der Waals surface area contributed by atoms with Crippen LogP contribution in [-0.2, 0) is 17.6 Å². The molecule has 0 radical (unpaired) electrons. The number of ether oxygens (including phenoxy) is 1. The fraction of sp³-hybridized carbons (Fsp3) is 0.391. The number of ketones is 1. The molecule has 0 unspecified atom stereocenters. The number of carbonyl (C=O) groups is 2. The van der Waals surface area contributed by atoms with Gasteiger partial charge in [-0.1, -0.05) is 0 Å². The molecule has 0 spiro atoms. The lowest BCUT2D eigenvalue weighted by Crippen LogP contribution is -2.54. The maximum atomic E-state index is 13.2. The summed E-state index contributed by atoms with van der Waals surface area (Å²) >= 11 is 2.92. The zero-order valence-corrected chi connectivity index (χ0v) is 20.9.